The van der Waals surface area contributed by atoms with Crippen molar-refractivity contribution in [2.45, 2.75) is 32.7 Å². The largest absolute Gasteiger partial charge is 0.268 e. The minimum absolute atomic E-state index is 0.182. The van der Waals surface area contributed by atoms with E-state index >= 15 is 0 Å². The summed E-state index contributed by atoms with van der Waals surface area (Å²) in [4.78, 5) is 0. The highest BCUT2D eigenvalue weighted by atomic mass is 19.1. The van der Waals surface area contributed by atoms with Crippen LogP contribution < -0.4 is 0 Å². The van der Waals surface area contributed by atoms with Gasteiger partial charge in [-0.05, 0) is 43.9 Å². The summed E-state index contributed by atoms with van der Waals surface area (Å²) in [6.45, 7) is 3.01. The average Bonchev–Trinajstić information content (AvgIpc) is 2.50. The number of nitrogens with zero attached hydrogens (tertiary/aromatic N) is 2. The van der Waals surface area contributed by atoms with E-state index in [9.17, 15) is 4.39 Å². The third-order valence-electron chi connectivity index (χ3n) is 3.62. The zero-order chi connectivity index (χ0) is 11.1. The van der Waals surface area contributed by atoms with Crippen molar-refractivity contribution in [1.29, 1.82) is 0 Å². The van der Waals surface area contributed by atoms with Gasteiger partial charge in [-0.1, -0.05) is 6.42 Å². The molecular weight excluding hydrogens is 203 g/mol. The average molecular weight is 218 g/mol. The summed E-state index contributed by atoms with van der Waals surface area (Å²) in [5.74, 6) is 0.594. The Hall–Kier alpha value is -1.38. The molecule has 0 radical (unpaired) electrons. The maximum atomic E-state index is 13.1. The quantitative estimate of drug-likeness (QED) is 0.756. The molecule has 16 heavy (non-hydrogen) atoms. The van der Waals surface area contributed by atoms with E-state index in [1.165, 1.54) is 25.3 Å². The van der Waals surface area contributed by atoms with Crippen LogP contribution in [0.2, 0.25) is 0 Å². The van der Waals surface area contributed by atoms with Crippen molar-refractivity contribution in [2.24, 2.45) is 5.92 Å². The number of halogens is 1. The fourth-order valence-electron chi connectivity index (χ4n) is 2.33. The predicted molar refractivity (Wildman–Crippen MR) is 61.8 cm³/mol. The summed E-state index contributed by atoms with van der Waals surface area (Å²) >= 11 is 0. The first kappa shape index (κ1) is 9.82. The second-order valence-electron chi connectivity index (χ2n) is 4.73. The molecule has 0 saturated heterocycles. The minimum Gasteiger partial charge on any atom is -0.268 e. The van der Waals surface area contributed by atoms with Crippen LogP contribution in [0.25, 0.3) is 10.9 Å². The molecule has 1 heterocycles. The summed E-state index contributed by atoms with van der Waals surface area (Å²) in [7, 11) is 0. The monoisotopic (exact) mass is 218 g/mol. The second kappa shape index (κ2) is 3.58. The highest BCUT2D eigenvalue weighted by molar-refractivity contribution is 5.81. The molecule has 2 nitrogen and oxygen atoms in total. The van der Waals surface area contributed by atoms with Crippen molar-refractivity contribution in [3.63, 3.8) is 0 Å². The Balaban J connectivity index is 2.01. The molecule has 0 bridgehead atoms. The van der Waals surface area contributed by atoms with Gasteiger partial charge in [0.2, 0.25) is 0 Å². The molecule has 84 valence electrons. The van der Waals surface area contributed by atoms with E-state index in [0.717, 1.165) is 29.1 Å². The smallest absolute Gasteiger partial charge is 0.124 e. The molecule has 0 amide bonds. The number of hydrogen-bond donors (Lipinski definition) is 0. The van der Waals surface area contributed by atoms with Crippen molar-refractivity contribution < 1.29 is 4.39 Å². The van der Waals surface area contributed by atoms with Gasteiger partial charge >= 0.3 is 0 Å². The van der Waals surface area contributed by atoms with E-state index in [4.69, 9.17) is 0 Å². The molecule has 0 unspecified atom stereocenters. The molecule has 1 saturated carbocycles. The molecule has 1 aliphatic carbocycles. The van der Waals surface area contributed by atoms with Crippen molar-refractivity contribution in [3.8, 4) is 0 Å². The van der Waals surface area contributed by atoms with Crippen molar-refractivity contribution in [2.75, 3.05) is 0 Å². The molecule has 1 aliphatic rings. The summed E-state index contributed by atoms with van der Waals surface area (Å²) in [6, 6.07) is 4.81. The molecule has 0 N–H and O–H groups in total. The van der Waals surface area contributed by atoms with Gasteiger partial charge in [0.15, 0.2) is 0 Å². The second-order valence-corrected chi connectivity index (χ2v) is 4.73. The van der Waals surface area contributed by atoms with E-state index in [-0.39, 0.29) is 5.82 Å². The minimum atomic E-state index is -0.182. The molecule has 0 spiro atoms. The van der Waals surface area contributed by atoms with Gasteiger partial charge in [0.05, 0.1) is 5.52 Å². The maximum absolute atomic E-state index is 13.1. The molecular formula is C13H15FN2. The Kier molecular flexibility index (Phi) is 2.20. The Labute approximate surface area is 94.1 Å². The molecule has 1 aromatic heterocycles. The Morgan fingerprint density at radius 1 is 1.44 bits per heavy atom. The molecule has 3 rings (SSSR count). The highest BCUT2D eigenvalue weighted by Crippen LogP contribution is 2.29. The lowest BCUT2D eigenvalue weighted by Gasteiger charge is -2.25. The first-order valence-corrected chi connectivity index (χ1v) is 5.87. The first-order valence-electron chi connectivity index (χ1n) is 5.87. The van der Waals surface area contributed by atoms with Gasteiger partial charge in [-0.25, -0.2) is 4.39 Å². The number of hydrogen-bond acceptors (Lipinski definition) is 1. The van der Waals surface area contributed by atoms with Crippen LogP contribution in [-0.2, 0) is 6.54 Å². The van der Waals surface area contributed by atoms with Crippen molar-refractivity contribution in [1.82, 2.24) is 9.78 Å². The van der Waals surface area contributed by atoms with E-state index < -0.39 is 0 Å². The number of rotatable bonds is 2. The third kappa shape index (κ3) is 1.51. The maximum Gasteiger partial charge on any atom is 0.124 e. The van der Waals surface area contributed by atoms with Crippen LogP contribution in [0.1, 0.15) is 25.0 Å². The topological polar surface area (TPSA) is 17.8 Å². The van der Waals surface area contributed by atoms with Gasteiger partial charge in [-0.2, -0.15) is 5.10 Å². The molecule has 1 fully saturated rings. The predicted octanol–water partition coefficient (Wildman–Crippen LogP) is 3.28. The Morgan fingerprint density at radius 3 is 2.94 bits per heavy atom. The lowest BCUT2D eigenvalue weighted by atomic mass is 9.85. The molecule has 0 aliphatic heterocycles. The fraction of sp³-hybridized carbons (Fsp3) is 0.462. The van der Waals surface area contributed by atoms with Gasteiger partial charge in [0.1, 0.15) is 5.82 Å². The Bertz CT molecular complexity index is 526. The van der Waals surface area contributed by atoms with E-state index in [1.807, 2.05) is 11.6 Å². The van der Waals surface area contributed by atoms with Crippen LogP contribution in [0, 0.1) is 18.7 Å². The first-order chi connectivity index (χ1) is 7.74. The summed E-state index contributed by atoms with van der Waals surface area (Å²) in [5.41, 5.74) is 1.99. The molecule has 3 heteroatoms. The van der Waals surface area contributed by atoms with Gasteiger partial charge in [-0.15, -0.1) is 0 Å². The number of aryl methyl sites for hydroxylation is 1. The standard InChI is InChI=1S/C13H15FN2/c1-9-12-7-11(14)5-6-13(12)15-16(9)8-10-3-2-4-10/h5-7,10H,2-4,8H2,1H3. The van der Waals surface area contributed by atoms with Crippen molar-refractivity contribution >= 4 is 10.9 Å². The van der Waals surface area contributed by atoms with Crippen LogP contribution in [-0.4, -0.2) is 9.78 Å². The van der Waals surface area contributed by atoms with Crippen LogP contribution in [0.4, 0.5) is 4.39 Å². The number of aromatic nitrogens is 2. The van der Waals surface area contributed by atoms with Crippen LogP contribution in [0.3, 0.4) is 0 Å². The Morgan fingerprint density at radius 2 is 2.25 bits per heavy atom. The van der Waals surface area contributed by atoms with E-state index in [0.29, 0.717) is 0 Å². The van der Waals surface area contributed by atoms with Crippen LogP contribution >= 0.6 is 0 Å². The fourth-order valence-corrected chi connectivity index (χ4v) is 2.33. The number of fused-ring (bicyclic) bond motifs is 1. The van der Waals surface area contributed by atoms with Gasteiger partial charge in [0, 0.05) is 17.6 Å². The van der Waals surface area contributed by atoms with Crippen LogP contribution in [0.15, 0.2) is 18.2 Å². The van der Waals surface area contributed by atoms with Crippen molar-refractivity contribution in [3.05, 3.63) is 29.7 Å². The normalized spacial score (nSPS) is 16.6. The van der Waals surface area contributed by atoms with Gasteiger partial charge < -0.3 is 0 Å². The van der Waals surface area contributed by atoms with Crippen LogP contribution in [0.5, 0.6) is 0 Å². The summed E-state index contributed by atoms with van der Waals surface area (Å²) in [5, 5.41) is 5.47. The number of benzene rings is 1. The van der Waals surface area contributed by atoms with E-state index in [1.54, 1.807) is 12.1 Å². The summed E-state index contributed by atoms with van der Waals surface area (Å²) < 4.78 is 15.2. The SMILES string of the molecule is Cc1c2cc(F)ccc2nn1CC1CCC1. The molecule has 1 aromatic carbocycles. The van der Waals surface area contributed by atoms with E-state index in [2.05, 4.69) is 5.10 Å². The molecule has 2 aromatic rings. The zero-order valence-electron chi connectivity index (χ0n) is 9.41. The summed E-state index contributed by atoms with van der Waals surface area (Å²) in [6.07, 6.45) is 3.97. The van der Waals surface area contributed by atoms with Gasteiger partial charge in [0.25, 0.3) is 0 Å². The van der Waals surface area contributed by atoms with Gasteiger partial charge in [-0.3, -0.25) is 4.68 Å². The highest BCUT2D eigenvalue weighted by Gasteiger charge is 2.19. The zero-order valence-corrected chi connectivity index (χ0v) is 9.41. The molecule has 0 atom stereocenters. The third-order valence-corrected chi connectivity index (χ3v) is 3.62. The lowest BCUT2D eigenvalue weighted by Crippen LogP contribution is -2.19. The lowest BCUT2D eigenvalue weighted by molar-refractivity contribution is 0.265.